The van der Waals surface area contributed by atoms with Crippen LogP contribution in [0.15, 0.2) is 40.9 Å². The fourth-order valence-electron chi connectivity index (χ4n) is 2.58. The molecule has 1 aliphatic heterocycles. The molecule has 0 aromatic heterocycles. The first kappa shape index (κ1) is 19.8. The van der Waals surface area contributed by atoms with Gasteiger partial charge in [0.25, 0.3) is 0 Å². The molecule has 1 heterocycles. The highest BCUT2D eigenvalue weighted by Gasteiger charge is 2.47. The summed E-state index contributed by atoms with van der Waals surface area (Å²) in [5.74, 6) is -1.23. The first-order valence-electron chi connectivity index (χ1n) is 8.14. The van der Waals surface area contributed by atoms with Gasteiger partial charge in [0, 0.05) is 11.4 Å². The zero-order valence-corrected chi connectivity index (χ0v) is 15.4. The van der Waals surface area contributed by atoms with Crippen LogP contribution in [0, 0.1) is 11.3 Å². The quantitative estimate of drug-likeness (QED) is 0.458. The number of nitrogens with zero attached hydrogens (tertiary/aromatic N) is 2. The summed E-state index contributed by atoms with van der Waals surface area (Å²) in [5.41, 5.74) is -1.28. The van der Waals surface area contributed by atoms with Crippen LogP contribution in [-0.4, -0.2) is 41.7 Å². The smallest absolute Gasteiger partial charge is 0.351 e. The van der Waals surface area contributed by atoms with E-state index in [0.717, 1.165) is 11.8 Å². The summed E-state index contributed by atoms with van der Waals surface area (Å²) < 4.78 is 9.90. The second kappa shape index (κ2) is 8.74. The van der Waals surface area contributed by atoms with Crippen molar-refractivity contribution in [2.45, 2.75) is 26.0 Å². The van der Waals surface area contributed by atoms with Gasteiger partial charge in [-0.1, -0.05) is 18.2 Å². The number of thioether (sulfide) groups is 1. The zero-order chi connectivity index (χ0) is 19.2. The lowest BCUT2D eigenvalue weighted by molar-refractivity contribution is -0.147. The summed E-state index contributed by atoms with van der Waals surface area (Å²) in [6, 6.07) is 10.6. The van der Waals surface area contributed by atoms with Gasteiger partial charge in [-0.25, -0.2) is 4.79 Å². The van der Waals surface area contributed by atoms with Crippen LogP contribution >= 0.6 is 11.8 Å². The summed E-state index contributed by atoms with van der Waals surface area (Å²) >= 11 is 1.12. The molecule has 1 aromatic rings. The van der Waals surface area contributed by atoms with Crippen LogP contribution in [0.4, 0.5) is 5.69 Å². The highest BCUT2D eigenvalue weighted by atomic mass is 32.2. The van der Waals surface area contributed by atoms with E-state index in [0.29, 0.717) is 5.69 Å². The number of carbonyl (C=O) groups is 2. The molecule has 0 saturated carbocycles. The number of ether oxygens (including phenoxy) is 2. The molecule has 1 unspecified atom stereocenters. The predicted molar refractivity (Wildman–Crippen MR) is 96.9 cm³/mol. The predicted octanol–water partition coefficient (Wildman–Crippen LogP) is 2.18. The van der Waals surface area contributed by atoms with E-state index in [1.54, 1.807) is 44.2 Å². The molecule has 26 heavy (non-hydrogen) atoms. The molecule has 1 N–H and O–H groups in total. The number of hydrogen-bond donors (Lipinski definition) is 1. The van der Waals surface area contributed by atoms with Gasteiger partial charge < -0.3 is 19.5 Å². The number of aliphatic hydroxyl groups is 1. The van der Waals surface area contributed by atoms with E-state index in [4.69, 9.17) is 9.47 Å². The Kier molecular flexibility index (Phi) is 6.66. The summed E-state index contributed by atoms with van der Waals surface area (Å²) in [6.07, 6.45) is -0.298. The Morgan fingerprint density at radius 2 is 1.92 bits per heavy atom. The number of rotatable bonds is 6. The van der Waals surface area contributed by atoms with Gasteiger partial charge in [-0.05, 0) is 26.0 Å². The van der Waals surface area contributed by atoms with Gasteiger partial charge in [0.2, 0.25) is 0 Å². The SMILES string of the molecule is CCOC(=O)CC1(O)CSC(=C(C#N)C(=O)OCC)N1c1ccccc1. The monoisotopic (exact) mass is 376 g/mol. The van der Waals surface area contributed by atoms with Crippen molar-refractivity contribution in [3.63, 3.8) is 0 Å². The van der Waals surface area contributed by atoms with E-state index in [-0.39, 0.29) is 36.0 Å². The van der Waals surface area contributed by atoms with Gasteiger partial charge in [0.05, 0.1) is 19.6 Å². The van der Waals surface area contributed by atoms with Crippen LogP contribution in [-0.2, 0) is 19.1 Å². The number of anilines is 1. The maximum Gasteiger partial charge on any atom is 0.351 e. The summed E-state index contributed by atoms with van der Waals surface area (Å²) in [7, 11) is 0. The van der Waals surface area contributed by atoms with Gasteiger partial charge in [-0.2, -0.15) is 5.26 Å². The minimum atomic E-state index is -1.62. The molecule has 7 nitrogen and oxygen atoms in total. The molecule has 8 heteroatoms. The Morgan fingerprint density at radius 3 is 2.50 bits per heavy atom. The van der Waals surface area contributed by atoms with Crippen LogP contribution < -0.4 is 4.90 Å². The Balaban J connectivity index is 2.51. The number of hydrogen-bond acceptors (Lipinski definition) is 8. The van der Waals surface area contributed by atoms with Crippen LogP contribution in [0.3, 0.4) is 0 Å². The van der Waals surface area contributed by atoms with Crippen molar-refractivity contribution in [2.75, 3.05) is 23.9 Å². The van der Waals surface area contributed by atoms with E-state index in [1.165, 1.54) is 4.90 Å². The summed E-state index contributed by atoms with van der Waals surface area (Å²) in [4.78, 5) is 25.6. The second-order valence-corrected chi connectivity index (χ2v) is 6.40. The van der Waals surface area contributed by atoms with Crippen molar-refractivity contribution >= 4 is 29.4 Å². The molecule has 1 saturated heterocycles. The molecule has 138 valence electrons. The molecule has 0 bridgehead atoms. The van der Waals surface area contributed by atoms with Crippen molar-refractivity contribution in [1.82, 2.24) is 0 Å². The normalized spacial score (nSPS) is 21.1. The van der Waals surface area contributed by atoms with Gasteiger partial charge in [0.1, 0.15) is 11.1 Å². The highest BCUT2D eigenvalue weighted by molar-refractivity contribution is 8.03. The van der Waals surface area contributed by atoms with E-state index >= 15 is 0 Å². The number of nitriles is 1. The molecular weight excluding hydrogens is 356 g/mol. The number of carbonyl (C=O) groups excluding carboxylic acids is 2. The number of para-hydroxylation sites is 1. The van der Waals surface area contributed by atoms with Crippen LogP contribution in [0.1, 0.15) is 20.3 Å². The van der Waals surface area contributed by atoms with Crippen LogP contribution in [0.2, 0.25) is 0 Å². The lowest BCUT2D eigenvalue weighted by Gasteiger charge is -2.34. The molecule has 1 aliphatic rings. The van der Waals surface area contributed by atoms with Crippen molar-refractivity contribution < 1.29 is 24.2 Å². The topological polar surface area (TPSA) is 99.9 Å². The summed E-state index contributed by atoms with van der Waals surface area (Å²) in [6.45, 7) is 3.65. The van der Waals surface area contributed by atoms with Gasteiger partial charge in [0.15, 0.2) is 11.3 Å². The van der Waals surface area contributed by atoms with Crippen LogP contribution in [0.5, 0.6) is 0 Å². The number of benzene rings is 1. The molecule has 2 rings (SSSR count). The standard InChI is InChI=1S/C18H20N2O5S/c1-3-24-15(21)10-18(23)12-26-16(14(11-19)17(22)25-4-2)20(18)13-8-6-5-7-9-13/h5-9,23H,3-4,10,12H2,1-2H3. The Morgan fingerprint density at radius 1 is 1.27 bits per heavy atom. The Labute approximate surface area is 156 Å². The third-order valence-corrected chi connectivity index (χ3v) is 4.88. The molecule has 0 radical (unpaired) electrons. The first-order chi connectivity index (χ1) is 12.5. The summed E-state index contributed by atoms with van der Waals surface area (Å²) in [5, 5.41) is 20.9. The van der Waals surface area contributed by atoms with Gasteiger partial charge >= 0.3 is 11.9 Å². The lowest BCUT2D eigenvalue weighted by Crippen LogP contribution is -2.47. The largest absolute Gasteiger partial charge is 0.466 e. The minimum Gasteiger partial charge on any atom is -0.466 e. The average Bonchev–Trinajstić information content (AvgIpc) is 2.93. The molecule has 0 amide bonds. The molecule has 1 fully saturated rings. The lowest BCUT2D eigenvalue weighted by atomic mass is 10.1. The maximum absolute atomic E-state index is 12.2. The van der Waals surface area contributed by atoms with E-state index in [9.17, 15) is 20.0 Å². The molecule has 1 atom stereocenters. The average molecular weight is 376 g/mol. The van der Waals surface area contributed by atoms with Crippen molar-refractivity contribution in [3.8, 4) is 6.07 Å². The fourth-order valence-corrected chi connectivity index (χ4v) is 3.85. The second-order valence-electron chi connectivity index (χ2n) is 5.44. The van der Waals surface area contributed by atoms with E-state index < -0.39 is 17.7 Å². The third-order valence-electron chi connectivity index (χ3n) is 3.61. The van der Waals surface area contributed by atoms with Crippen molar-refractivity contribution in [1.29, 1.82) is 5.26 Å². The minimum absolute atomic E-state index is 0.0978. The molecule has 0 spiro atoms. The molecular formula is C18H20N2O5S. The highest BCUT2D eigenvalue weighted by Crippen LogP contribution is 2.45. The van der Waals surface area contributed by atoms with Crippen LogP contribution in [0.25, 0.3) is 0 Å². The molecule has 0 aliphatic carbocycles. The van der Waals surface area contributed by atoms with E-state index in [1.807, 2.05) is 6.07 Å². The number of esters is 2. The zero-order valence-electron chi connectivity index (χ0n) is 14.6. The van der Waals surface area contributed by atoms with Crippen molar-refractivity contribution in [2.24, 2.45) is 0 Å². The fraction of sp³-hybridized carbons (Fsp3) is 0.389. The Hall–Kier alpha value is -2.50. The first-order valence-corrected chi connectivity index (χ1v) is 9.13. The molecule has 1 aromatic carbocycles. The Bertz CT molecular complexity index is 744. The maximum atomic E-state index is 12.2. The van der Waals surface area contributed by atoms with Gasteiger partial charge in [-0.3, -0.25) is 4.79 Å². The van der Waals surface area contributed by atoms with Crippen molar-refractivity contribution in [3.05, 3.63) is 40.9 Å². The van der Waals surface area contributed by atoms with E-state index in [2.05, 4.69) is 0 Å². The third kappa shape index (κ3) is 4.18. The van der Waals surface area contributed by atoms with Gasteiger partial charge in [-0.15, -0.1) is 11.8 Å².